The van der Waals surface area contributed by atoms with Crippen molar-refractivity contribution in [1.82, 2.24) is 29.5 Å². The van der Waals surface area contributed by atoms with E-state index in [1.54, 1.807) is 10.9 Å². The Kier molecular flexibility index (Phi) is 4.66. The van der Waals surface area contributed by atoms with E-state index in [0.717, 1.165) is 11.3 Å². The maximum absolute atomic E-state index is 13.7. The zero-order chi connectivity index (χ0) is 21.4. The number of benzene rings is 2. The molecule has 3 heterocycles. The molecule has 31 heavy (non-hydrogen) atoms. The van der Waals surface area contributed by atoms with Crippen LogP contribution in [-0.4, -0.2) is 29.5 Å². The lowest BCUT2D eigenvalue weighted by atomic mass is 10.1. The van der Waals surface area contributed by atoms with Crippen LogP contribution in [0, 0.1) is 6.92 Å². The van der Waals surface area contributed by atoms with Crippen LogP contribution in [0.25, 0.3) is 27.8 Å². The average Bonchev–Trinajstić information content (AvgIpc) is 3.27. The Morgan fingerprint density at radius 3 is 2.71 bits per heavy atom. The molecular formula is C23H21N7O. The number of nitrogens with one attached hydrogen (secondary N) is 2. The second kappa shape index (κ2) is 7.64. The molecule has 1 atom stereocenters. The molecule has 0 fully saturated rings. The summed E-state index contributed by atoms with van der Waals surface area (Å²) >= 11 is 0. The molecule has 8 nitrogen and oxygen atoms in total. The maximum Gasteiger partial charge on any atom is 0.266 e. The predicted molar refractivity (Wildman–Crippen MR) is 120 cm³/mol. The summed E-state index contributed by atoms with van der Waals surface area (Å²) in [4.78, 5) is 34.5. The Bertz CT molecular complexity index is 1440. The first-order valence-electron chi connectivity index (χ1n) is 10.2. The number of hydrogen-bond acceptors (Lipinski definition) is 6. The van der Waals surface area contributed by atoms with Crippen LogP contribution in [0.4, 0.5) is 5.82 Å². The van der Waals surface area contributed by atoms with E-state index in [0.29, 0.717) is 40.1 Å². The van der Waals surface area contributed by atoms with Gasteiger partial charge in [0.05, 0.1) is 29.0 Å². The van der Waals surface area contributed by atoms with Crippen molar-refractivity contribution in [2.75, 3.05) is 5.32 Å². The van der Waals surface area contributed by atoms with Crippen LogP contribution in [0.5, 0.6) is 0 Å². The largest absolute Gasteiger partial charge is 0.358 e. The van der Waals surface area contributed by atoms with Gasteiger partial charge in [-0.3, -0.25) is 9.36 Å². The SMILES string of the molecule is CCC(Nc1ncnc2[nH]cnc12)c1nc2cccc(C)c2c(=O)n1-c1ccccc1. The molecule has 2 aromatic carbocycles. The number of para-hydroxylation sites is 1. The van der Waals surface area contributed by atoms with Crippen molar-refractivity contribution in [3.05, 3.63) is 82.9 Å². The van der Waals surface area contributed by atoms with E-state index in [9.17, 15) is 4.79 Å². The van der Waals surface area contributed by atoms with Crippen molar-refractivity contribution in [1.29, 1.82) is 0 Å². The summed E-state index contributed by atoms with van der Waals surface area (Å²) in [5.41, 5.74) is 3.56. The normalized spacial score (nSPS) is 12.3. The van der Waals surface area contributed by atoms with Gasteiger partial charge >= 0.3 is 0 Å². The van der Waals surface area contributed by atoms with Crippen molar-refractivity contribution in [3.63, 3.8) is 0 Å². The minimum atomic E-state index is -0.271. The van der Waals surface area contributed by atoms with Gasteiger partial charge in [0.25, 0.3) is 5.56 Å². The standard InChI is InChI=1S/C23H21N7O/c1-3-16(28-21-19-20(25-12-24-19)26-13-27-21)22-29-17-11-7-8-14(2)18(17)23(31)30(22)15-9-5-4-6-10-15/h4-13,16H,3H2,1-2H3,(H2,24,25,26,27,28). The number of imidazole rings is 1. The Morgan fingerprint density at radius 1 is 1.06 bits per heavy atom. The Hall–Kier alpha value is -4.07. The first kappa shape index (κ1) is 18.9. The van der Waals surface area contributed by atoms with Crippen LogP contribution < -0.4 is 10.9 Å². The molecule has 0 aliphatic carbocycles. The van der Waals surface area contributed by atoms with Gasteiger partial charge in [0.2, 0.25) is 0 Å². The maximum atomic E-state index is 13.7. The third-order valence-electron chi connectivity index (χ3n) is 5.39. The highest BCUT2D eigenvalue weighted by atomic mass is 16.1. The lowest BCUT2D eigenvalue weighted by Crippen LogP contribution is -2.28. The number of H-pyrrole nitrogens is 1. The van der Waals surface area contributed by atoms with Gasteiger partial charge in [0.1, 0.15) is 17.7 Å². The number of aromatic amines is 1. The Balaban J connectivity index is 1.74. The van der Waals surface area contributed by atoms with E-state index >= 15 is 0 Å². The first-order valence-corrected chi connectivity index (χ1v) is 10.2. The molecule has 0 saturated heterocycles. The number of aromatic nitrogens is 6. The minimum Gasteiger partial charge on any atom is -0.358 e. The summed E-state index contributed by atoms with van der Waals surface area (Å²) < 4.78 is 1.69. The molecule has 0 spiro atoms. The molecule has 154 valence electrons. The monoisotopic (exact) mass is 411 g/mol. The molecule has 0 saturated carbocycles. The van der Waals surface area contributed by atoms with Gasteiger partial charge in [-0.1, -0.05) is 37.3 Å². The van der Waals surface area contributed by atoms with Crippen molar-refractivity contribution in [2.24, 2.45) is 0 Å². The molecule has 0 radical (unpaired) electrons. The fourth-order valence-electron chi connectivity index (χ4n) is 3.86. The van der Waals surface area contributed by atoms with E-state index in [1.807, 2.05) is 62.4 Å². The van der Waals surface area contributed by atoms with Gasteiger partial charge in [0, 0.05) is 0 Å². The topological polar surface area (TPSA) is 101 Å². The second-order valence-corrected chi connectivity index (χ2v) is 7.34. The zero-order valence-electron chi connectivity index (χ0n) is 17.2. The molecule has 5 aromatic rings. The molecule has 1 unspecified atom stereocenters. The average molecular weight is 411 g/mol. The number of anilines is 1. The van der Waals surface area contributed by atoms with Gasteiger partial charge in [-0.15, -0.1) is 0 Å². The van der Waals surface area contributed by atoms with Crippen LogP contribution in [0.3, 0.4) is 0 Å². The Morgan fingerprint density at radius 2 is 1.90 bits per heavy atom. The quantitative estimate of drug-likeness (QED) is 0.454. The Labute approximate surface area is 178 Å². The van der Waals surface area contributed by atoms with Gasteiger partial charge in [-0.05, 0) is 37.1 Å². The highest BCUT2D eigenvalue weighted by molar-refractivity contribution is 5.83. The predicted octanol–water partition coefficient (Wildman–Crippen LogP) is 3.92. The van der Waals surface area contributed by atoms with Crippen molar-refractivity contribution < 1.29 is 0 Å². The van der Waals surface area contributed by atoms with E-state index < -0.39 is 0 Å². The number of hydrogen-bond donors (Lipinski definition) is 2. The van der Waals surface area contributed by atoms with Crippen LogP contribution in [0.15, 0.2) is 66.0 Å². The van der Waals surface area contributed by atoms with Gasteiger partial charge in [-0.25, -0.2) is 19.9 Å². The van der Waals surface area contributed by atoms with Crippen molar-refractivity contribution >= 4 is 27.9 Å². The molecule has 0 aliphatic heterocycles. The second-order valence-electron chi connectivity index (χ2n) is 7.34. The highest BCUT2D eigenvalue weighted by Crippen LogP contribution is 2.26. The summed E-state index contributed by atoms with van der Waals surface area (Å²) in [7, 11) is 0. The van der Waals surface area contributed by atoms with Gasteiger partial charge in [0.15, 0.2) is 11.5 Å². The van der Waals surface area contributed by atoms with Crippen molar-refractivity contribution in [2.45, 2.75) is 26.3 Å². The number of aryl methyl sites for hydroxylation is 1. The molecule has 3 aromatic heterocycles. The lowest BCUT2D eigenvalue weighted by molar-refractivity contribution is 0.659. The van der Waals surface area contributed by atoms with Crippen LogP contribution in [-0.2, 0) is 0 Å². The van der Waals surface area contributed by atoms with E-state index in [-0.39, 0.29) is 11.6 Å². The zero-order valence-corrected chi connectivity index (χ0v) is 17.2. The smallest absolute Gasteiger partial charge is 0.266 e. The van der Waals surface area contributed by atoms with Gasteiger partial charge in [-0.2, -0.15) is 0 Å². The fourth-order valence-corrected chi connectivity index (χ4v) is 3.86. The van der Waals surface area contributed by atoms with Crippen LogP contribution in [0.2, 0.25) is 0 Å². The number of fused-ring (bicyclic) bond motifs is 2. The third kappa shape index (κ3) is 3.22. The minimum absolute atomic E-state index is 0.0860. The van der Waals surface area contributed by atoms with E-state index in [2.05, 4.69) is 25.3 Å². The van der Waals surface area contributed by atoms with E-state index in [1.165, 1.54) is 6.33 Å². The van der Waals surface area contributed by atoms with Crippen LogP contribution >= 0.6 is 0 Å². The summed E-state index contributed by atoms with van der Waals surface area (Å²) in [5, 5.41) is 4.06. The molecular weight excluding hydrogens is 390 g/mol. The van der Waals surface area contributed by atoms with E-state index in [4.69, 9.17) is 4.98 Å². The summed E-state index contributed by atoms with van der Waals surface area (Å²) in [6.07, 6.45) is 3.76. The molecule has 0 bridgehead atoms. The number of nitrogens with zero attached hydrogens (tertiary/aromatic N) is 5. The highest BCUT2D eigenvalue weighted by Gasteiger charge is 2.22. The summed E-state index contributed by atoms with van der Waals surface area (Å²) in [6.45, 7) is 3.98. The summed E-state index contributed by atoms with van der Waals surface area (Å²) in [5.74, 6) is 1.22. The molecule has 5 rings (SSSR count). The van der Waals surface area contributed by atoms with Gasteiger partial charge < -0.3 is 10.3 Å². The number of rotatable bonds is 5. The van der Waals surface area contributed by atoms with Crippen LogP contribution in [0.1, 0.15) is 30.8 Å². The molecule has 8 heteroatoms. The van der Waals surface area contributed by atoms with Crippen molar-refractivity contribution in [3.8, 4) is 5.69 Å². The summed E-state index contributed by atoms with van der Waals surface area (Å²) in [6, 6.07) is 15.1. The molecule has 0 aliphatic rings. The first-order chi connectivity index (χ1) is 15.2. The molecule has 2 N–H and O–H groups in total. The molecule has 0 amide bonds. The lowest BCUT2D eigenvalue weighted by Gasteiger charge is -2.22. The third-order valence-corrected chi connectivity index (χ3v) is 5.39. The fraction of sp³-hybridized carbons (Fsp3) is 0.174.